The van der Waals surface area contributed by atoms with Gasteiger partial charge in [-0.15, -0.1) is 0 Å². The lowest BCUT2D eigenvalue weighted by Gasteiger charge is -2.33. The van der Waals surface area contributed by atoms with E-state index in [1.54, 1.807) is 0 Å². The van der Waals surface area contributed by atoms with Gasteiger partial charge in [0.1, 0.15) is 5.76 Å². The molecule has 138 valence electrons. The molecule has 0 spiro atoms. The van der Waals surface area contributed by atoms with E-state index in [1.807, 2.05) is 0 Å². The maximum atomic E-state index is 11.1. The van der Waals surface area contributed by atoms with Gasteiger partial charge in [0.05, 0.1) is 13.0 Å². The Kier molecular flexibility index (Phi) is 8.17. The minimum atomic E-state index is -1.14. The van der Waals surface area contributed by atoms with Gasteiger partial charge in [0.2, 0.25) is 5.91 Å². The second-order valence-electron chi connectivity index (χ2n) is 6.33. The first kappa shape index (κ1) is 20.4. The summed E-state index contributed by atoms with van der Waals surface area (Å²) in [5, 5.41) is 24.2. The standard InChI is InChI=1S/C8H20N2.C8H9NO5/c1-7(2)9-5-6-10-8(3)4;10-2-1-4-7(8(12)13)9-5(11)3-6(9)14-4/h7-10H,5-6H2,1-4H3;1,6-7,10H,2-3H2,(H,12,13)/b;4-1-/t;6-,7-/m.1/s1. The number of aliphatic carboxylic acids is 1. The fraction of sp³-hybridized carbons (Fsp3) is 0.750. The number of rotatable bonds is 7. The van der Waals surface area contributed by atoms with Gasteiger partial charge in [-0.05, 0) is 6.08 Å². The van der Waals surface area contributed by atoms with Gasteiger partial charge in [-0.2, -0.15) is 0 Å². The zero-order valence-corrected chi connectivity index (χ0v) is 14.8. The van der Waals surface area contributed by atoms with E-state index in [0.29, 0.717) is 12.1 Å². The Hall–Kier alpha value is -1.64. The molecule has 24 heavy (non-hydrogen) atoms. The van der Waals surface area contributed by atoms with Crippen LogP contribution in [0.25, 0.3) is 0 Å². The van der Waals surface area contributed by atoms with Crippen LogP contribution >= 0.6 is 0 Å². The normalized spacial score (nSPS) is 23.7. The van der Waals surface area contributed by atoms with E-state index in [0.717, 1.165) is 13.1 Å². The summed E-state index contributed by atoms with van der Waals surface area (Å²) in [6.45, 7) is 10.5. The monoisotopic (exact) mass is 343 g/mol. The zero-order valence-electron chi connectivity index (χ0n) is 14.8. The van der Waals surface area contributed by atoms with E-state index in [-0.39, 0.29) is 24.7 Å². The zero-order chi connectivity index (χ0) is 18.3. The maximum Gasteiger partial charge on any atom is 0.334 e. The second kappa shape index (κ2) is 9.61. The average molecular weight is 343 g/mol. The average Bonchev–Trinajstić information content (AvgIpc) is 2.77. The Morgan fingerprint density at radius 1 is 1.29 bits per heavy atom. The number of β-lactam (4-membered cyclic amide) rings is 1. The summed E-state index contributed by atoms with van der Waals surface area (Å²) in [6, 6.07) is 0.149. The van der Waals surface area contributed by atoms with Crippen LogP contribution in [0, 0.1) is 0 Å². The van der Waals surface area contributed by atoms with Crippen LogP contribution in [0.4, 0.5) is 0 Å². The van der Waals surface area contributed by atoms with Crippen LogP contribution in [0.15, 0.2) is 11.8 Å². The van der Waals surface area contributed by atoms with Gasteiger partial charge in [-0.1, -0.05) is 27.7 Å². The summed E-state index contributed by atoms with van der Waals surface area (Å²) in [6.07, 6.45) is 1.03. The number of carbonyl (C=O) groups excluding carboxylic acids is 1. The molecule has 2 heterocycles. The Bertz CT molecular complexity index is 455. The minimum absolute atomic E-state index is 0.149. The van der Waals surface area contributed by atoms with Crippen molar-refractivity contribution in [1.82, 2.24) is 15.5 Å². The molecule has 0 radical (unpaired) electrons. The third kappa shape index (κ3) is 5.77. The quantitative estimate of drug-likeness (QED) is 0.377. The van der Waals surface area contributed by atoms with Crippen LogP contribution < -0.4 is 10.6 Å². The third-order valence-corrected chi connectivity index (χ3v) is 3.52. The largest absolute Gasteiger partial charge is 0.479 e. The first-order valence-electron chi connectivity index (χ1n) is 8.26. The van der Waals surface area contributed by atoms with Gasteiger partial charge in [0.25, 0.3) is 0 Å². The first-order chi connectivity index (χ1) is 11.3. The van der Waals surface area contributed by atoms with Crippen molar-refractivity contribution >= 4 is 11.9 Å². The van der Waals surface area contributed by atoms with Crippen molar-refractivity contribution in [3.05, 3.63) is 11.8 Å². The lowest BCUT2D eigenvalue weighted by molar-refractivity contribution is -0.163. The number of nitrogens with zero attached hydrogens (tertiary/aromatic N) is 1. The van der Waals surface area contributed by atoms with E-state index in [1.165, 1.54) is 11.0 Å². The fourth-order valence-corrected chi connectivity index (χ4v) is 2.38. The summed E-state index contributed by atoms with van der Waals surface area (Å²) in [5.41, 5.74) is 0. The van der Waals surface area contributed by atoms with Crippen molar-refractivity contribution in [1.29, 1.82) is 0 Å². The molecule has 8 nitrogen and oxygen atoms in total. The molecule has 0 aromatic carbocycles. The number of hydrogen-bond donors (Lipinski definition) is 4. The number of carboxylic acid groups (broad SMARTS) is 1. The molecule has 2 rings (SSSR count). The number of hydrogen-bond acceptors (Lipinski definition) is 6. The number of ether oxygens (including phenoxy) is 1. The number of aliphatic hydroxyl groups is 1. The van der Waals surface area contributed by atoms with E-state index >= 15 is 0 Å². The molecule has 2 fully saturated rings. The number of amides is 1. The van der Waals surface area contributed by atoms with Crippen LogP contribution in [0.2, 0.25) is 0 Å². The predicted octanol–water partition coefficient (Wildman–Crippen LogP) is -0.113. The first-order valence-corrected chi connectivity index (χ1v) is 8.26. The Balaban J connectivity index is 0.000000257. The van der Waals surface area contributed by atoms with Crippen molar-refractivity contribution in [2.24, 2.45) is 0 Å². The molecule has 1 amide bonds. The van der Waals surface area contributed by atoms with Gasteiger partial charge >= 0.3 is 5.97 Å². The summed E-state index contributed by atoms with van der Waals surface area (Å²) in [4.78, 5) is 23.1. The number of aliphatic hydroxyl groups excluding tert-OH is 1. The summed E-state index contributed by atoms with van der Waals surface area (Å²) in [7, 11) is 0. The summed E-state index contributed by atoms with van der Waals surface area (Å²) in [5.74, 6) is -1.22. The molecule has 0 bridgehead atoms. The highest BCUT2D eigenvalue weighted by Gasteiger charge is 2.53. The molecular weight excluding hydrogens is 314 g/mol. The Labute approximate surface area is 142 Å². The number of carbonyl (C=O) groups is 2. The highest BCUT2D eigenvalue weighted by molar-refractivity contribution is 5.91. The minimum Gasteiger partial charge on any atom is -0.479 e. The summed E-state index contributed by atoms with van der Waals surface area (Å²) < 4.78 is 5.17. The lowest BCUT2D eigenvalue weighted by atomic mass is 10.1. The summed E-state index contributed by atoms with van der Waals surface area (Å²) >= 11 is 0. The lowest BCUT2D eigenvalue weighted by Crippen LogP contribution is -2.54. The SMILES string of the molecule is CC(C)NCCNC(C)C.O=C(O)[C@H]1/C(=C/CO)O[C@@H]2CC(=O)N21. The number of fused-ring (bicyclic) bond motifs is 1. The second-order valence-corrected chi connectivity index (χ2v) is 6.33. The van der Waals surface area contributed by atoms with Gasteiger partial charge in [-0.25, -0.2) is 4.79 Å². The molecule has 2 saturated heterocycles. The predicted molar refractivity (Wildman–Crippen MR) is 89.2 cm³/mol. The van der Waals surface area contributed by atoms with E-state index < -0.39 is 18.2 Å². The van der Waals surface area contributed by atoms with Crippen LogP contribution in [0.3, 0.4) is 0 Å². The Morgan fingerprint density at radius 3 is 2.21 bits per heavy atom. The van der Waals surface area contributed by atoms with Crippen molar-refractivity contribution < 1.29 is 24.5 Å². The topological polar surface area (TPSA) is 111 Å². The molecule has 2 aliphatic heterocycles. The highest BCUT2D eigenvalue weighted by Crippen LogP contribution is 2.36. The Morgan fingerprint density at radius 2 is 1.83 bits per heavy atom. The van der Waals surface area contributed by atoms with Gasteiger partial charge in [0.15, 0.2) is 12.3 Å². The molecule has 0 aliphatic carbocycles. The fourth-order valence-electron chi connectivity index (χ4n) is 2.38. The van der Waals surface area contributed by atoms with Crippen molar-refractivity contribution in [2.75, 3.05) is 19.7 Å². The van der Waals surface area contributed by atoms with Crippen molar-refractivity contribution in [2.45, 2.75) is 58.5 Å². The molecule has 8 heteroatoms. The highest BCUT2D eigenvalue weighted by atomic mass is 16.5. The number of nitrogens with one attached hydrogen (secondary N) is 2. The van der Waals surface area contributed by atoms with Crippen LogP contribution in [0.1, 0.15) is 34.1 Å². The van der Waals surface area contributed by atoms with Gasteiger partial charge in [-0.3, -0.25) is 9.69 Å². The molecule has 2 aliphatic rings. The van der Waals surface area contributed by atoms with Crippen molar-refractivity contribution in [3.63, 3.8) is 0 Å². The molecule has 0 aromatic rings. The molecule has 0 aromatic heterocycles. The molecular formula is C16H29N3O5. The molecule has 2 atom stereocenters. The molecule has 0 unspecified atom stereocenters. The maximum absolute atomic E-state index is 11.1. The van der Waals surface area contributed by atoms with Gasteiger partial charge < -0.3 is 25.6 Å². The molecule has 4 N–H and O–H groups in total. The van der Waals surface area contributed by atoms with Crippen LogP contribution in [-0.2, 0) is 14.3 Å². The number of carboxylic acids is 1. The van der Waals surface area contributed by atoms with E-state index in [2.05, 4.69) is 38.3 Å². The van der Waals surface area contributed by atoms with E-state index in [4.69, 9.17) is 14.9 Å². The van der Waals surface area contributed by atoms with Crippen molar-refractivity contribution in [3.8, 4) is 0 Å². The van der Waals surface area contributed by atoms with Crippen LogP contribution in [0.5, 0.6) is 0 Å². The molecule has 0 saturated carbocycles. The third-order valence-electron chi connectivity index (χ3n) is 3.52. The van der Waals surface area contributed by atoms with Gasteiger partial charge in [0, 0.05) is 25.2 Å². The van der Waals surface area contributed by atoms with Crippen LogP contribution in [-0.4, -0.2) is 71.0 Å². The smallest absolute Gasteiger partial charge is 0.334 e. The van der Waals surface area contributed by atoms with E-state index in [9.17, 15) is 9.59 Å².